The first kappa shape index (κ1) is 21.8. The Morgan fingerprint density at radius 3 is 2.48 bits per heavy atom. The molecular formula is C19H21F3N4O4S. The molecule has 2 fully saturated rings. The number of hydrogen-bond donors (Lipinski definition) is 1. The third-order valence-electron chi connectivity index (χ3n) is 5.31. The first-order valence-electron chi connectivity index (χ1n) is 9.66. The van der Waals surface area contributed by atoms with Crippen molar-refractivity contribution in [3.63, 3.8) is 0 Å². The Kier molecular flexibility index (Phi) is 5.79. The average molecular weight is 458 g/mol. The van der Waals surface area contributed by atoms with Gasteiger partial charge in [0.05, 0.1) is 30.0 Å². The summed E-state index contributed by atoms with van der Waals surface area (Å²) in [5.41, 5.74) is 4.36. The molecule has 0 bridgehead atoms. The van der Waals surface area contributed by atoms with E-state index in [0.717, 1.165) is 6.20 Å². The summed E-state index contributed by atoms with van der Waals surface area (Å²) >= 11 is 0. The predicted octanol–water partition coefficient (Wildman–Crippen LogP) is 2.14. The van der Waals surface area contributed by atoms with Gasteiger partial charge < -0.3 is 20.1 Å². The number of anilines is 2. The van der Waals surface area contributed by atoms with Crippen molar-refractivity contribution >= 4 is 21.5 Å². The van der Waals surface area contributed by atoms with Crippen LogP contribution in [-0.2, 0) is 25.5 Å². The second-order valence-electron chi connectivity index (χ2n) is 7.33. The van der Waals surface area contributed by atoms with Crippen molar-refractivity contribution in [2.45, 2.75) is 22.7 Å². The highest BCUT2D eigenvalue weighted by Gasteiger charge is 2.37. The van der Waals surface area contributed by atoms with Gasteiger partial charge in [-0.15, -0.1) is 0 Å². The molecule has 0 radical (unpaired) electrons. The zero-order chi connectivity index (χ0) is 22.2. The lowest BCUT2D eigenvalue weighted by molar-refractivity contribution is -0.140. The molecule has 2 aliphatic heterocycles. The summed E-state index contributed by atoms with van der Waals surface area (Å²) in [5, 5.41) is -0.745. The summed E-state index contributed by atoms with van der Waals surface area (Å²) in [5.74, 6) is -0.517. The number of benzene rings is 1. The van der Waals surface area contributed by atoms with Crippen molar-refractivity contribution in [3.05, 3.63) is 30.1 Å². The smallest absolute Gasteiger partial charge is 0.380 e. The second kappa shape index (κ2) is 8.24. The van der Waals surface area contributed by atoms with Crippen LogP contribution in [0.1, 0.15) is 12.1 Å². The monoisotopic (exact) mass is 458 g/mol. The Hall–Kier alpha value is -2.44. The summed E-state index contributed by atoms with van der Waals surface area (Å²) in [6.07, 6.45) is -3.49. The van der Waals surface area contributed by atoms with Crippen LogP contribution in [0.2, 0.25) is 0 Å². The van der Waals surface area contributed by atoms with E-state index < -0.39 is 32.9 Å². The molecule has 8 nitrogen and oxygen atoms in total. The molecule has 31 heavy (non-hydrogen) atoms. The van der Waals surface area contributed by atoms with Crippen LogP contribution in [0.25, 0.3) is 11.1 Å². The van der Waals surface area contributed by atoms with E-state index in [1.165, 1.54) is 18.2 Å². The van der Waals surface area contributed by atoms with Crippen LogP contribution >= 0.6 is 0 Å². The van der Waals surface area contributed by atoms with Gasteiger partial charge in [-0.1, -0.05) is 0 Å². The predicted molar refractivity (Wildman–Crippen MR) is 106 cm³/mol. The fraction of sp³-hybridized carbons (Fsp3) is 0.474. The van der Waals surface area contributed by atoms with Crippen molar-refractivity contribution < 1.29 is 31.1 Å². The van der Waals surface area contributed by atoms with Gasteiger partial charge in [0.25, 0.3) is 0 Å². The van der Waals surface area contributed by atoms with Gasteiger partial charge in [-0.2, -0.15) is 13.2 Å². The SMILES string of the molecule is Nc1ncc(-c2cc(N3CCOCC3)cc(S(=O)(=O)C3CCOC3)c2)c(C(F)(F)F)n1. The molecule has 0 aliphatic carbocycles. The molecule has 12 heteroatoms. The van der Waals surface area contributed by atoms with Gasteiger partial charge in [-0.25, -0.2) is 18.4 Å². The van der Waals surface area contributed by atoms with Gasteiger partial charge in [-0.05, 0) is 30.2 Å². The van der Waals surface area contributed by atoms with Crippen molar-refractivity contribution in [1.82, 2.24) is 9.97 Å². The van der Waals surface area contributed by atoms with E-state index in [4.69, 9.17) is 15.2 Å². The Morgan fingerprint density at radius 2 is 1.84 bits per heavy atom. The quantitative estimate of drug-likeness (QED) is 0.743. The van der Waals surface area contributed by atoms with Gasteiger partial charge in [0, 0.05) is 37.1 Å². The number of halogens is 3. The number of aromatic nitrogens is 2. The summed E-state index contributed by atoms with van der Waals surface area (Å²) < 4.78 is 77.9. The number of morpholine rings is 1. The molecule has 1 aromatic carbocycles. The number of nitrogens with two attached hydrogens (primary N) is 1. The number of alkyl halides is 3. The zero-order valence-electron chi connectivity index (χ0n) is 16.4. The van der Waals surface area contributed by atoms with Crippen molar-refractivity contribution in [2.24, 2.45) is 0 Å². The fourth-order valence-electron chi connectivity index (χ4n) is 3.68. The minimum atomic E-state index is -4.79. The van der Waals surface area contributed by atoms with Gasteiger partial charge in [0.2, 0.25) is 5.95 Å². The topological polar surface area (TPSA) is 108 Å². The van der Waals surface area contributed by atoms with E-state index in [1.807, 2.05) is 4.90 Å². The Labute approximate surface area is 177 Å². The molecule has 168 valence electrons. The number of nitrogen functional groups attached to an aromatic ring is 1. The molecular weight excluding hydrogens is 437 g/mol. The van der Waals surface area contributed by atoms with Crippen LogP contribution in [0.3, 0.4) is 0 Å². The average Bonchev–Trinajstić information content (AvgIpc) is 3.29. The number of rotatable bonds is 4. The Morgan fingerprint density at radius 1 is 1.10 bits per heavy atom. The highest BCUT2D eigenvalue weighted by Crippen LogP contribution is 2.38. The lowest BCUT2D eigenvalue weighted by Gasteiger charge is -2.30. The molecule has 2 saturated heterocycles. The van der Waals surface area contributed by atoms with Gasteiger partial charge in [-0.3, -0.25) is 0 Å². The molecule has 2 N–H and O–H groups in total. The van der Waals surface area contributed by atoms with E-state index in [-0.39, 0.29) is 22.6 Å². The van der Waals surface area contributed by atoms with E-state index >= 15 is 0 Å². The molecule has 4 rings (SSSR count). The summed E-state index contributed by atoms with van der Waals surface area (Å²) in [6.45, 7) is 2.21. The Balaban J connectivity index is 1.89. The lowest BCUT2D eigenvalue weighted by atomic mass is 10.0. The van der Waals surface area contributed by atoms with Crippen LogP contribution in [0, 0.1) is 0 Å². The zero-order valence-corrected chi connectivity index (χ0v) is 17.2. The largest absolute Gasteiger partial charge is 0.434 e. The van der Waals surface area contributed by atoms with Gasteiger partial charge in [0.15, 0.2) is 15.5 Å². The normalized spacial score (nSPS) is 20.2. The first-order chi connectivity index (χ1) is 14.7. The summed E-state index contributed by atoms with van der Waals surface area (Å²) in [4.78, 5) is 8.89. The molecule has 3 heterocycles. The van der Waals surface area contributed by atoms with E-state index in [9.17, 15) is 21.6 Å². The van der Waals surface area contributed by atoms with Crippen molar-refractivity contribution in [3.8, 4) is 11.1 Å². The van der Waals surface area contributed by atoms with E-state index in [0.29, 0.717) is 45.0 Å². The molecule has 0 amide bonds. The number of sulfone groups is 1. The Bertz CT molecular complexity index is 1070. The van der Waals surface area contributed by atoms with Crippen LogP contribution in [0.15, 0.2) is 29.3 Å². The fourth-order valence-corrected chi connectivity index (χ4v) is 5.32. The maximum atomic E-state index is 13.6. The molecule has 1 atom stereocenters. The summed E-state index contributed by atoms with van der Waals surface area (Å²) in [7, 11) is -3.82. The maximum Gasteiger partial charge on any atom is 0.434 e. The molecule has 0 spiro atoms. The van der Waals surface area contributed by atoms with Crippen LogP contribution in [-0.4, -0.2) is 63.2 Å². The first-order valence-corrected chi connectivity index (χ1v) is 11.2. The van der Waals surface area contributed by atoms with E-state index in [2.05, 4.69) is 9.97 Å². The van der Waals surface area contributed by atoms with Crippen LogP contribution in [0.4, 0.5) is 24.8 Å². The number of hydrogen-bond acceptors (Lipinski definition) is 8. The van der Waals surface area contributed by atoms with Gasteiger partial charge >= 0.3 is 6.18 Å². The minimum absolute atomic E-state index is 0.0498. The summed E-state index contributed by atoms with van der Waals surface area (Å²) in [6, 6.07) is 4.25. The number of ether oxygens (including phenoxy) is 2. The highest BCUT2D eigenvalue weighted by atomic mass is 32.2. The third-order valence-corrected chi connectivity index (χ3v) is 7.45. The molecule has 2 aliphatic rings. The molecule has 1 unspecified atom stereocenters. The van der Waals surface area contributed by atoms with Crippen molar-refractivity contribution in [1.29, 1.82) is 0 Å². The molecule has 2 aromatic rings. The van der Waals surface area contributed by atoms with Crippen LogP contribution < -0.4 is 10.6 Å². The minimum Gasteiger partial charge on any atom is -0.380 e. The van der Waals surface area contributed by atoms with E-state index in [1.54, 1.807) is 0 Å². The molecule has 0 saturated carbocycles. The number of nitrogens with zero attached hydrogens (tertiary/aromatic N) is 3. The highest BCUT2D eigenvalue weighted by molar-refractivity contribution is 7.92. The van der Waals surface area contributed by atoms with Crippen LogP contribution in [0.5, 0.6) is 0 Å². The second-order valence-corrected chi connectivity index (χ2v) is 9.56. The maximum absolute atomic E-state index is 13.6. The third kappa shape index (κ3) is 4.46. The van der Waals surface area contributed by atoms with Gasteiger partial charge in [0.1, 0.15) is 0 Å². The molecule has 1 aromatic heterocycles. The standard InChI is InChI=1S/C19H21F3N4O4S/c20-19(21,22)17-16(10-24-18(23)25-17)12-7-13(26-2-5-29-6-3-26)9-15(8-12)31(27,28)14-1-4-30-11-14/h7-10,14H,1-6,11H2,(H2,23,24,25). The lowest BCUT2D eigenvalue weighted by Crippen LogP contribution is -2.36. The van der Waals surface area contributed by atoms with Crippen molar-refractivity contribution in [2.75, 3.05) is 50.2 Å².